The zero-order chi connectivity index (χ0) is 12.6. The number of rotatable bonds is 1. The summed E-state index contributed by atoms with van der Waals surface area (Å²) in [7, 11) is 1.63. The highest BCUT2D eigenvalue weighted by molar-refractivity contribution is 5.74. The molecule has 90 valence electrons. The first-order valence-corrected chi connectivity index (χ1v) is 5.71. The van der Waals surface area contributed by atoms with Gasteiger partial charge in [0.15, 0.2) is 11.5 Å². The summed E-state index contributed by atoms with van der Waals surface area (Å²) in [6.45, 7) is 9.83. The van der Waals surface area contributed by atoms with E-state index >= 15 is 0 Å². The van der Waals surface area contributed by atoms with Gasteiger partial charge in [0.1, 0.15) is 11.3 Å². The molecule has 1 aromatic carbocycles. The lowest BCUT2D eigenvalue weighted by molar-refractivity contribution is 0.415. The molecule has 1 aromatic heterocycles. The zero-order valence-corrected chi connectivity index (χ0v) is 11.0. The van der Waals surface area contributed by atoms with Crippen LogP contribution in [0.15, 0.2) is 22.6 Å². The molecule has 0 atom stereocenters. The smallest absolute Gasteiger partial charge is 0.192 e. The summed E-state index contributed by atoms with van der Waals surface area (Å²) in [4.78, 5) is 4.18. The van der Waals surface area contributed by atoms with Crippen LogP contribution in [-0.4, -0.2) is 12.1 Å². The SMILES string of the molecule is CC.CC.COc1ccc2oc(C)nc2c1. The Hall–Kier alpha value is -1.51. The molecule has 0 N–H and O–H groups in total. The average Bonchev–Trinajstić information content (AvgIpc) is 2.73. The highest BCUT2D eigenvalue weighted by Crippen LogP contribution is 2.20. The molecular weight excluding hydrogens is 202 g/mol. The van der Waals surface area contributed by atoms with Crippen LogP contribution in [0.3, 0.4) is 0 Å². The molecule has 0 bridgehead atoms. The van der Waals surface area contributed by atoms with Crippen LogP contribution < -0.4 is 4.74 Å². The van der Waals surface area contributed by atoms with Gasteiger partial charge < -0.3 is 9.15 Å². The fourth-order valence-electron chi connectivity index (χ4n) is 1.15. The van der Waals surface area contributed by atoms with E-state index in [-0.39, 0.29) is 0 Å². The normalized spacial score (nSPS) is 8.62. The summed E-state index contributed by atoms with van der Waals surface area (Å²) in [5.74, 6) is 1.48. The number of hydrogen-bond acceptors (Lipinski definition) is 3. The van der Waals surface area contributed by atoms with E-state index in [1.807, 2.05) is 52.8 Å². The zero-order valence-electron chi connectivity index (χ0n) is 11.0. The molecule has 0 amide bonds. The Morgan fingerprint density at radius 2 is 1.75 bits per heavy atom. The highest BCUT2D eigenvalue weighted by atomic mass is 16.5. The maximum Gasteiger partial charge on any atom is 0.192 e. The molecule has 3 nitrogen and oxygen atoms in total. The molecule has 1 heterocycles. The van der Waals surface area contributed by atoms with Gasteiger partial charge in [-0.2, -0.15) is 0 Å². The van der Waals surface area contributed by atoms with Crippen LogP contribution in [0.1, 0.15) is 33.6 Å². The Labute approximate surface area is 97.4 Å². The summed E-state index contributed by atoms with van der Waals surface area (Å²) >= 11 is 0. The van der Waals surface area contributed by atoms with Crippen LogP contribution in [0.5, 0.6) is 5.75 Å². The molecule has 0 aliphatic heterocycles. The molecule has 0 saturated heterocycles. The van der Waals surface area contributed by atoms with Gasteiger partial charge in [0.25, 0.3) is 0 Å². The number of oxazole rings is 1. The van der Waals surface area contributed by atoms with Crippen molar-refractivity contribution in [2.75, 3.05) is 7.11 Å². The van der Waals surface area contributed by atoms with Crippen molar-refractivity contribution >= 4 is 11.1 Å². The Bertz CT molecular complexity index is 407. The van der Waals surface area contributed by atoms with Gasteiger partial charge in [-0.1, -0.05) is 27.7 Å². The Kier molecular flexibility index (Phi) is 7.01. The van der Waals surface area contributed by atoms with Crippen LogP contribution in [0.4, 0.5) is 0 Å². The first kappa shape index (κ1) is 14.5. The lowest BCUT2D eigenvalue weighted by Crippen LogP contribution is -1.80. The Morgan fingerprint density at radius 1 is 1.12 bits per heavy atom. The predicted molar refractivity (Wildman–Crippen MR) is 68.0 cm³/mol. The van der Waals surface area contributed by atoms with E-state index in [4.69, 9.17) is 9.15 Å². The molecule has 0 aliphatic rings. The van der Waals surface area contributed by atoms with E-state index in [1.54, 1.807) is 7.11 Å². The number of benzene rings is 1. The quantitative estimate of drug-likeness (QED) is 0.726. The van der Waals surface area contributed by atoms with E-state index in [1.165, 1.54) is 0 Å². The molecule has 0 spiro atoms. The number of aromatic nitrogens is 1. The molecule has 3 heteroatoms. The average molecular weight is 223 g/mol. The second kappa shape index (κ2) is 7.74. The molecule has 16 heavy (non-hydrogen) atoms. The van der Waals surface area contributed by atoms with E-state index in [0.29, 0.717) is 5.89 Å². The first-order chi connectivity index (χ1) is 7.79. The third-order valence-corrected chi connectivity index (χ3v) is 1.70. The summed E-state index contributed by atoms with van der Waals surface area (Å²) in [5.41, 5.74) is 1.64. The van der Waals surface area contributed by atoms with Gasteiger partial charge in [-0.25, -0.2) is 4.98 Å². The van der Waals surface area contributed by atoms with Crippen LogP contribution in [0.2, 0.25) is 0 Å². The molecule has 0 saturated carbocycles. The monoisotopic (exact) mass is 223 g/mol. The van der Waals surface area contributed by atoms with Crippen molar-refractivity contribution in [3.63, 3.8) is 0 Å². The van der Waals surface area contributed by atoms with Gasteiger partial charge >= 0.3 is 0 Å². The van der Waals surface area contributed by atoms with Crippen LogP contribution in [0, 0.1) is 6.92 Å². The Morgan fingerprint density at radius 3 is 2.31 bits per heavy atom. The van der Waals surface area contributed by atoms with Gasteiger partial charge in [0, 0.05) is 13.0 Å². The number of nitrogens with zero attached hydrogens (tertiary/aromatic N) is 1. The van der Waals surface area contributed by atoms with Crippen molar-refractivity contribution in [3.8, 4) is 5.75 Å². The number of methoxy groups -OCH3 is 1. The first-order valence-electron chi connectivity index (χ1n) is 5.71. The third-order valence-electron chi connectivity index (χ3n) is 1.70. The predicted octanol–water partition coefficient (Wildman–Crippen LogP) is 4.20. The van der Waals surface area contributed by atoms with E-state index in [9.17, 15) is 0 Å². The van der Waals surface area contributed by atoms with Gasteiger partial charge in [0.05, 0.1) is 7.11 Å². The van der Waals surface area contributed by atoms with E-state index in [2.05, 4.69) is 4.98 Å². The maximum absolute atomic E-state index is 5.30. The lowest BCUT2D eigenvalue weighted by atomic mass is 10.3. The molecular formula is C13H21NO2. The van der Waals surface area contributed by atoms with E-state index < -0.39 is 0 Å². The van der Waals surface area contributed by atoms with Gasteiger partial charge in [-0.3, -0.25) is 0 Å². The fraction of sp³-hybridized carbons (Fsp3) is 0.462. The molecule has 0 aliphatic carbocycles. The number of fused-ring (bicyclic) bond motifs is 1. The number of aryl methyl sites for hydroxylation is 1. The highest BCUT2D eigenvalue weighted by Gasteiger charge is 2.01. The minimum Gasteiger partial charge on any atom is -0.497 e. The molecule has 2 rings (SSSR count). The summed E-state index contributed by atoms with van der Waals surface area (Å²) in [5, 5.41) is 0. The molecule has 0 fully saturated rings. The van der Waals surface area contributed by atoms with Gasteiger partial charge in [-0.15, -0.1) is 0 Å². The van der Waals surface area contributed by atoms with Crippen molar-refractivity contribution < 1.29 is 9.15 Å². The van der Waals surface area contributed by atoms with Crippen molar-refractivity contribution in [2.24, 2.45) is 0 Å². The summed E-state index contributed by atoms with van der Waals surface area (Å²) < 4.78 is 10.4. The van der Waals surface area contributed by atoms with Crippen molar-refractivity contribution in [1.29, 1.82) is 0 Å². The van der Waals surface area contributed by atoms with Crippen LogP contribution >= 0.6 is 0 Å². The van der Waals surface area contributed by atoms with Crippen molar-refractivity contribution in [1.82, 2.24) is 4.98 Å². The molecule has 0 unspecified atom stereocenters. The number of hydrogen-bond donors (Lipinski definition) is 0. The topological polar surface area (TPSA) is 35.3 Å². The van der Waals surface area contributed by atoms with Crippen LogP contribution in [-0.2, 0) is 0 Å². The van der Waals surface area contributed by atoms with E-state index in [0.717, 1.165) is 16.8 Å². The number of ether oxygens (including phenoxy) is 1. The second-order valence-electron chi connectivity index (χ2n) is 2.57. The fourth-order valence-corrected chi connectivity index (χ4v) is 1.15. The third kappa shape index (κ3) is 3.57. The van der Waals surface area contributed by atoms with Gasteiger partial charge in [0.2, 0.25) is 0 Å². The van der Waals surface area contributed by atoms with Crippen molar-refractivity contribution in [3.05, 3.63) is 24.1 Å². The maximum atomic E-state index is 5.30. The largest absolute Gasteiger partial charge is 0.497 e. The molecule has 2 aromatic rings. The standard InChI is InChI=1S/C9H9NO2.2C2H6/c1-6-10-8-5-7(11-2)3-4-9(8)12-6;2*1-2/h3-5H,1-2H3;2*1-2H3. The van der Waals surface area contributed by atoms with Gasteiger partial charge in [-0.05, 0) is 12.1 Å². The summed E-state index contributed by atoms with van der Waals surface area (Å²) in [6, 6.07) is 5.56. The molecule has 0 radical (unpaired) electrons. The van der Waals surface area contributed by atoms with Crippen LogP contribution in [0.25, 0.3) is 11.1 Å². The summed E-state index contributed by atoms with van der Waals surface area (Å²) in [6.07, 6.45) is 0. The Balaban J connectivity index is 0.000000509. The minimum atomic E-state index is 0.679. The second-order valence-corrected chi connectivity index (χ2v) is 2.57. The minimum absolute atomic E-state index is 0.679. The lowest BCUT2D eigenvalue weighted by Gasteiger charge is -1.95. The van der Waals surface area contributed by atoms with Crippen molar-refractivity contribution in [2.45, 2.75) is 34.6 Å².